The predicted molar refractivity (Wildman–Crippen MR) is 73.4 cm³/mol. The molecule has 0 aliphatic carbocycles. The number of nitrogens with two attached hydrogens (primary N) is 1. The Morgan fingerprint density at radius 1 is 1.21 bits per heavy atom. The van der Waals surface area contributed by atoms with Crippen LogP contribution in [0, 0.1) is 0 Å². The molecule has 0 atom stereocenters. The lowest BCUT2D eigenvalue weighted by molar-refractivity contribution is 0.343. The van der Waals surface area contributed by atoms with Gasteiger partial charge in [0.2, 0.25) is 0 Å². The summed E-state index contributed by atoms with van der Waals surface area (Å²) in [6, 6.07) is 12.8. The molecule has 5 heteroatoms. The Hall–Kier alpha value is -2.04. The number of halogens is 1. The molecule has 0 aliphatic rings. The zero-order valence-corrected chi connectivity index (χ0v) is 10.7. The first kappa shape index (κ1) is 12.0. The Morgan fingerprint density at radius 3 is 2.79 bits per heavy atom. The molecular weight excluding hydrogens is 264 g/mol. The minimum absolute atomic E-state index is 0.192. The second kappa shape index (κ2) is 4.91. The molecule has 0 amide bonds. The number of rotatable bonds is 3. The topological polar surface area (TPSA) is 61.3 Å². The van der Waals surface area contributed by atoms with E-state index in [2.05, 4.69) is 4.98 Å². The molecule has 96 valence electrons. The van der Waals surface area contributed by atoms with Crippen molar-refractivity contribution >= 4 is 22.7 Å². The monoisotopic (exact) mass is 274 g/mol. The number of hydrogen-bond acceptors (Lipinski definition) is 4. The molecule has 0 saturated heterocycles. The van der Waals surface area contributed by atoms with Gasteiger partial charge in [0.15, 0.2) is 5.58 Å². The molecule has 3 aromatic rings. The van der Waals surface area contributed by atoms with Gasteiger partial charge in [0.05, 0.1) is 0 Å². The van der Waals surface area contributed by atoms with Crippen LogP contribution in [0.1, 0.15) is 5.56 Å². The SMILES string of the molecule is NCc1ccc(Oc2nc3ccccc3o2)cc1Cl. The zero-order valence-electron chi connectivity index (χ0n) is 9.97. The maximum atomic E-state index is 6.06. The van der Waals surface area contributed by atoms with E-state index >= 15 is 0 Å². The average molecular weight is 275 g/mol. The Kier molecular flexibility index (Phi) is 3.11. The molecule has 0 aliphatic heterocycles. The van der Waals surface area contributed by atoms with Crippen molar-refractivity contribution in [2.45, 2.75) is 6.54 Å². The van der Waals surface area contributed by atoms with Gasteiger partial charge in [0.1, 0.15) is 11.3 Å². The zero-order chi connectivity index (χ0) is 13.2. The van der Waals surface area contributed by atoms with Crippen molar-refractivity contribution in [1.29, 1.82) is 0 Å². The maximum Gasteiger partial charge on any atom is 0.400 e. The highest BCUT2D eigenvalue weighted by Crippen LogP contribution is 2.28. The summed E-state index contributed by atoms with van der Waals surface area (Å²) < 4.78 is 11.0. The van der Waals surface area contributed by atoms with Crippen molar-refractivity contribution in [1.82, 2.24) is 4.98 Å². The largest absolute Gasteiger partial charge is 0.411 e. The molecular formula is C14H11ClN2O2. The van der Waals surface area contributed by atoms with Crippen LogP contribution in [0.3, 0.4) is 0 Å². The number of oxazole rings is 1. The quantitative estimate of drug-likeness (QED) is 0.790. The van der Waals surface area contributed by atoms with Crippen LogP contribution in [-0.2, 0) is 6.54 Å². The fraction of sp³-hybridized carbons (Fsp3) is 0.0714. The van der Waals surface area contributed by atoms with Crippen LogP contribution in [-0.4, -0.2) is 4.98 Å². The van der Waals surface area contributed by atoms with Crippen LogP contribution in [0.2, 0.25) is 5.02 Å². The smallest absolute Gasteiger partial charge is 0.400 e. The number of nitrogens with zero attached hydrogens (tertiary/aromatic N) is 1. The fourth-order valence-electron chi connectivity index (χ4n) is 1.75. The molecule has 0 radical (unpaired) electrons. The summed E-state index contributed by atoms with van der Waals surface area (Å²) in [5, 5.41) is 0.566. The van der Waals surface area contributed by atoms with Gasteiger partial charge >= 0.3 is 6.08 Å². The van der Waals surface area contributed by atoms with Crippen molar-refractivity contribution in [3.8, 4) is 11.8 Å². The highest BCUT2D eigenvalue weighted by molar-refractivity contribution is 6.31. The second-order valence-electron chi connectivity index (χ2n) is 4.01. The third-order valence-electron chi connectivity index (χ3n) is 2.72. The van der Waals surface area contributed by atoms with E-state index in [1.165, 1.54) is 0 Å². The minimum Gasteiger partial charge on any atom is -0.411 e. The number of fused-ring (bicyclic) bond motifs is 1. The molecule has 1 heterocycles. The molecule has 0 unspecified atom stereocenters. The van der Waals surface area contributed by atoms with E-state index < -0.39 is 0 Å². The Bertz CT molecular complexity index is 691. The molecule has 3 rings (SSSR count). The normalized spacial score (nSPS) is 10.8. The van der Waals surface area contributed by atoms with Gasteiger partial charge in [-0.3, -0.25) is 0 Å². The molecule has 0 spiro atoms. The van der Waals surface area contributed by atoms with E-state index in [1.54, 1.807) is 12.1 Å². The highest BCUT2D eigenvalue weighted by Gasteiger charge is 2.08. The molecule has 0 fully saturated rings. The first-order valence-electron chi connectivity index (χ1n) is 5.78. The van der Waals surface area contributed by atoms with Gasteiger partial charge in [0, 0.05) is 11.6 Å². The van der Waals surface area contributed by atoms with Crippen molar-refractivity contribution in [2.75, 3.05) is 0 Å². The van der Waals surface area contributed by atoms with Crippen LogP contribution in [0.25, 0.3) is 11.1 Å². The standard InChI is InChI=1S/C14H11ClN2O2/c15-11-7-10(6-5-9(11)8-16)18-14-17-12-3-1-2-4-13(12)19-14/h1-7H,8,16H2. The third kappa shape index (κ3) is 2.41. The second-order valence-corrected chi connectivity index (χ2v) is 4.41. The molecule has 0 saturated carbocycles. The Labute approximate surface area is 114 Å². The highest BCUT2D eigenvalue weighted by atomic mass is 35.5. The van der Waals surface area contributed by atoms with Crippen molar-refractivity contribution in [2.24, 2.45) is 5.73 Å². The predicted octanol–water partition coefficient (Wildman–Crippen LogP) is 3.73. The Morgan fingerprint density at radius 2 is 2.05 bits per heavy atom. The third-order valence-corrected chi connectivity index (χ3v) is 3.08. The molecule has 2 aromatic carbocycles. The van der Waals surface area contributed by atoms with E-state index in [0.717, 1.165) is 11.1 Å². The number of para-hydroxylation sites is 2. The van der Waals surface area contributed by atoms with Crippen LogP contribution in [0.15, 0.2) is 46.9 Å². The van der Waals surface area contributed by atoms with Gasteiger partial charge in [0.25, 0.3) is 0 Å². The van der Waals surface area contributed by atoms with Gasteiger partial charge in [-0.1, -0.05) is 29.8 Å². The summed E-state index contributed by atoms with van der Waals surface area (Å²) in [4.78, 5) is 4.22. The number of benzene rings is 2. The van der Waals surface area contributed by atoms with Gasteiger partial charge in [-0.25, -0.2) is 0 Å². The number of ether oxygens (including phenoxy) is 1. The van der Waals surface area contributed by atoms with Gasteiger partial charge in [-0.2, -0.15) is 4.98 Å². The van der Waals surface area contributed by atoms with Crippen molar-refractivity contribution < 1.29 is 9.15 Å². The van der Waals surface area contributed by atoms with Crippen molar-refractivity contribution in [3.05, 3.63) is 53.1 Å². The lowest BCUT2D eigenvalue weighted by Gasteiger charge is -2.04. The molecule has 1 aromatic heterocycles. The number of aromatic nitrogens is 1. The summed E-state index contributed by atoms with van der Waals surface area (Å²) in [5.41, 5.74) is 7.85. The number of hydrogen-bond donors (Lipinski definition) is 1. The summed E-state index contributed by atoms with van der Waals surface area (Å²) >= 11 is 6.06. The van der Waals surface area contributed by atoms with E-state index in [1.807, 2.05) is 30.3 Å². The molecule has 0 bridgehead atoms. The first-order valence-corrected chi connectivity index (χ1v) is 6.16. The van der Waals surface area contributed by atoms with E-state index in [0.29, 0.717) is 22.9 Å². The van der Waals surface area contributed by atoms with Gasteiger partial charge in [-0.15, -0.1) is 0 Å². The molecule has 19 heavy (non-hydrogen) atoms. The molecule has 4 nitrogen and oxygen atoms in total. The van der Waals surface area contributed by atoms with Crippen molar-refractivity contribution in [3.63, 3.8) is 0 Å². The lowest BCUT2D eigenvalue weighted by atomic mass is 10.2. The average Bonchev–Trinajstić information content (AvgIpc) is 2.81. The maximum absolute atomic E-state index is 6.06. The summed E-state index contributed by atoms with van der Waals surface area (Å²) in [7, 11) is 0. The molecule has 2 N–H and O–H groups in total. The van der Waals surface area contributed by atoms with Crippen LogP contribution in [0.4, 0.5) is 0 Å². The fourth-order valence-corrected chi connectivity index (χ4v) is 2.00. The minimum atomic E-state index is 0.192. The lowest BCUT2D eigenvalue weighted by Crippen LogP contribution is -1.97. The summed E-state index contributed by atoms with van der Waals surface area (Å²) in [6.45, 7) is 0.391. The van der Waals surface area contributed by atoms with Crippen LogP contribution < -0.4 is 10.5 Å². The van der Waals surface area contributed by atoms with Crippen LogP contribution in [0.5, 0.6) is 11.8 Å². The summed E-state index contributed by atoms with van der Waals surface area (Å²) in [6.07, 6.45) is 0.192. The van der Waals surface area contributed by atoms with Crippen LogP contribution >= 0.6 is 11.6 Å². The first-order chi connectivity index (χ1) is 9.26. The van der Waals surface area contributed by atoms with E-state index in [-0.39, 0.29) is 6.08 Å². The van der Waals surface area contributed by atoms with Gasteiger partial charge < -0.3 is 14.9 Å². The van der Waals surface area contributed by atoms with E-state index in [4.69, 9.17) is 26.5 Å². The van der Waals surface area contributed by atoms with Gasteiger partial charge in [-0.05, 0) is 29.8 Å². The Balaban J connectivity index is 1.90. The summed E-state index contributed by atoms with van der Waals surface area (Å²) in [5.74, 6) is 0.564. The van der Waals surface area contributed by atoms with E-state index in [9.17, 15) is 0 Å².